The molecule has 3 aromatic carbocycles. The molecule has 1 N–H and O–H groups in total. The minimum absolute atomic E-state index is 0.176. The summed E-state index contributed by atoms with van der Waals surface area (Å²) in [4.78, 5) is 19.8. The number of fused-ring (bicyclic) bond motifs is 1. The number of methoxy groups -OCH3 is 1. The van der Waals surface area contributed by atoms with Gasteiger partial charge in [-0.15, -0.1) is 0 Å². The molecule has 0 spiro atoms. The van der Waals surface area contributed by atoms with Gasteiger partial charge in [0.1, 0.15) is 23.1 Å². The van der Waals surface area contributed by atoms with Gasteiger partial charge >= 0.3 is 0 Å². The number of nitrogens with zero attached hydrogens (tertiary/aromatic N) is 1. The van der Waals surface area contributed by atoms with Crippen molar-refractivity contribution >= 4 is 10.9 Å². The molecule has 4 aromatic rings. The van der Waals surface area contributed by atoms with Gasteiger partial charge in [-0.2, -0.15) is 0 Å². The van der Waals surface area contributed by atoms with Crippen molar-refractivity contribution in [2.45, 2.75) is 0 Å². The van der Waals surface area contributed by atoms with Gasteiger partial charge in [-0.3, -0.25) is 4.79 Å². The molecule has 0 aliphatic carbocycles. The highest BCUT2D eigenvalue weighted by atomic mass is 16.5. The second kappa shape index (κ2) is 6.72. The van der Waals surface area contributed by atoms with Crippen LogP contribution in [-0.2, 0) is 0 Å². The molecule has 0 saturated carbocycles. The molecule has 1 aromatic heterocycles. The number of para-hydroxylation sites is 2. The summed E-state index contributed by atoms with van der Waals surface area (Å²) >= 11 is 0. The number of aromatic amines is 1. The van der Waals surface area contributed by atoms with Crippen molar-refractivity contribution in [2.75, 3.05) is 7.11 Å². The van der Waals surface area contributed by atoms with E-state index in [9.17, 15) is 4.79 Å². The molecule has 0 bridgehead atoms. The third-order valence-corrected chi connectivity index (χ3v) is 4.04. The Balaban J connectivity index is 1.77. The number of benzene rings is 3. The van der Waals surface area contributed by atoms with E-state index in [-0.39, 0.29) is 5.56 Å². The van der Waals surface area contributed by atoms with E-state index in [1.165, 1.54) is 0 Å². The van der Waals surface area contributed by atoms with Gasteiger partial charge in [0.2, 0.25) is 0 Å². The highest BCUT2D eigenvalue weighted by molar-refractivity contribution is 5.80. The minimum atomic E-state index is -0.176. The number of H-pyrrole nitrogens is 1. The maximum atomic E-state index is 12.4. The topological polar surface area (TPSA) is 64.2 Å². The number of rotatable bonds is 4. The molecular weight excluding hydrogens is 328 g/mol. The lowest BCUT2D eigenvalue weighted by Crippen LogP contribution is -2.09. The SMILES string of the molecule is COc1ccc(Oc2ccccc2-c2nc3ccccc3c(=O)[nH]2)cc1. The largest absolute Gasteiger partial charge is 0.497 e. The third kappa shape index (κ3) is 3.02. The molecule has 26 heavy (non-hydrogen) atoms. The first kappa shape index (κ1) is 15.9. The highest BCUT2D eigenvalue weighted by Crippen LogP contribution is 2.32. The van der Waals surface area contributed by atoms with Crippen LogP contribution in [-0.4, -0.2) is 17.1 Å². The molecule has 5 heteroatoms. The molecule has 0 aliphatic heterocycles. The first-order chi connectivity index (χ1) is 12.7. The van der Waals surface area contributed by atoms with Crippen molar-refractivity contribution in [3.05, 3.63) is 83.2 Å². The van der Waals surface area contributed by atoms with E-state index in [0.29, 0.717) is 33.8 Å². The van der Waals surface area contributed by atoms with Crippen LogP contribution in [0.25, 0.3) is 22.3 Å². The normalized spacial score (nSPS) is 10.7. The number of hydrogen-bond donors (Lipinski definition) is 1. The molecule has 128 valence electrons. The van der Waals surface area contributed by atoms with Crippen molar-refractivity contribution in [1.29, 1.82) is 0 Å². The van der Waals surface area contributed by atoms with E-state index < -0.39 is 0 Å². The van der Waals surface area contributed by atoms with Gasteiger partial charge in [0.15, 0.2) is 0 Å². The number of nitrogens with one attached hydrogen (secondary N) is 1. The van der Waals surface area contributed by atoms with Gasteiger partial charge in [-0.05, 0) is 48.5 Å². The summed E-state index contributed by atoms with van der Waals surface area (Å²) in [6, 6.07) is 22.0. The zero-order valence-electron chi connectivity index (χ0n) is 14.1. The zero-order valence-corrected chi connectivity index (χ0v) is 14.1. The van der Waals surface area contributed by atoms with E-state index in [1.54, 1.807) is 13.2 Å². The first-order valence-electron chi connectivity index (χ1n) is 8.15. The van der Waals surface area contributed by atoms with Crippen LogP contribution in [0.15, 0.2) is 77.6 Å². The Kier molecular flexibility index (Phi) is 4.11. The third-order valence-electron chi connectivity index (χ3n) is 4.04. The molecule has 5 nitrogen and oxygen atoms in total. The van der Waals surface area contributed by atoms with Crippen LogP contribution in [0.1, 0.15) is 0 Å². The summed E-state index contributed by atoms with van der Waals surface area (Å²) in [5.74, 6) is 2.50. The van der Waals surface area contributed by atoms with Gasteiger partial charge in [0, 0.05) is 0 Å². The standard InChI is InChI=1S/C21H16N2O3/c1-25-14-10-12-15(13-11-14)26-19-9-5-3-7-17(19)20-22-18-8-4-2-6-16(18)21(24)23-20/h2-13H,1H3,(H,22,23,24). The van der Waals surface area contributed by atoms with Crippen LogP contribution in [0.4, 0.5) is 0 Å². The minimum Gasteiger partial charge on any atom is -0.497 e. The summed E-state index contributed by atoms with van der Waals surface area (Å²) in [5, 5.41) is 0.560. The lowest BCUT2D eigenvalue weighted by Gasteiger charge is -2.11. The van der Waals surface area contributed by atoms with Gasteiger partial charge in [-0.1, -0.05) is 24.3 Å². The van der Waals surface area contributed by atoms with Crippen LogP contribution in [0.2, 0.25) is 0 Å². The van der Waals surface area contributed by atoms with E-state index in [1.807, 2.05) is 66.7 Å². The molecule has 0 aliphatic rings. The molecular formula is C21H16N2O3. The Hall–Kier alpha value is -3.60. The predicted octanol–water partition coefficient (Wildman–Crippen LogP) is 4.39. The Labute approximate surface area is 149 Å². The molecule has 0 fully saturated rings. The van der Waals surface area contributed by atoms with Gasteiger partial charge in [0.05, 0.1) is 23.6 Å². The van der Waals surface area contributed by atoms with Crippen molar-refractivity contribution < 1.29 is 9.47 Å². The van der Waals surface area contributed by atoms with Crippen molar-refractivity contribution in [1.82, 2.24) is 9.97 Å². The maximum absolute atomic E-state index is 12.4. The molecule has 0 atom stereocenters. The highest BCUT2D eigenvalue weighted by Gasteiger charge is 2.11. The molecule has 4 rings (SSSR count). The number of aromatic nitrogens is 2. The number of ether oxygens (including phenoxy) is 2. The fraction of sp³-hybridized carbons (Fsp3) is 0.0476. The Morgan fingerprint density at radius 1 is 0.846 bits per heavy atom. The average Bonchev–Trinajstić information content (AvgIpc) is 2.69. The Bertz CT molecular complexity index is 1120. The lowest BCUT2D eigenvalue weighted by atomic mass is 10.1. The summed E-state index contributed by atoms with van der Waals surface area (Å²) in [5.41, 5.74) is 1.18. The van der Waals surface area contributed by atoms with Crippen LogP contribution < -0.4 is 15.0 Å². The molecule has 1 heterocycles. The molecule has 0 radical (unpaired) electrons. The smallest absolute Gasteiger partial charge is 0.259 e. The molecule has 0 saturated heterocycles. The maximum Gasteiger partial charge on any atom is 0.259 e. The van der Waals surface area contributed by atoms with Gasteiger partial charge in [0.25, 0.3) is 5.56 Å². The fourth-order valence-corrected chi connectivity index (χ4v) is 2.74. The van der Waals surface area contributed by atoms with E-state index >= 15 is 0 Å². The zero-order chi connectivity index (χ0) is 17.9. The van der Waals surface area contributed by atoms with Gasteiger partial charge < -0.3 is 14.5 Å². The van der Waals surface area contributed by atoms with E-state index in [2.05, 4.69) is 9.97 Å². The van der Waals surface area contributed by atoms with Gasteiger partial charge in [-0.25, -0.2) is 4.98 Å². The Morgan fingerprint density at radius 2 is 1.54 bits per heavy atom. The summed E-state index contributed by atoms with van der Waals surface area (Å²) in [7, 11) is 1.62. The second-order valence-electron chi connectivity index (χ2n) is 5.71. The second-order valence-corrected chi connectivity index (χ2v) is 5.71. The summed E-state index contributed by atoms with van der Waals surface area (Å²) in [6.45, 7) is 0. The quantitative estimate of drug-likeness (QED) is 0.596. The predicted molar refractivity (Wildman–Crippen MR) is 101 cm³/mol. The van der Waals surface area contributed by atoms with Crippen molar-refractivity contribution in [3.8, 4) is 28.6 Å². The van der Waals surface area contributed by atoms with E-state index in [4.69, 9.17) is 9.47 Å². The van der Waals surface area contributed by atoms with Crippen LogP contribution in [0.3, 0.4) is 0 Å². The van der Waals surface area contributed by atoms with Crippen LogP contribution >= 0.6 is 0 Å². The Morgan fingerprint density at radius 3 is 2.35 bits per heavy atom. The molecule has 0 amide bonds. The summed E-state index contributed by atoms with van der Waals surface area (Å²) in [6.07, 6.45) is 0. The summed E-state index contributed by atoms with van der Waals surface area (Å²) < 4.78 is 11.2. The lowest BCUT2D eigenvalue weighted by molar-refractivity contribution is 0.413. The number of hydrogen-bond acceptors (Lipinski definition) is 4. The fourth-order valence-electron chi connectivity index (χ4n) is 2.74. The first-order valence-corrected chi connectivity index (χ1v) is 8.15. The monoisotopic (exact) mass is 344 g/mol. The van der Waals surface area contributed by atoms with Crippen molar-refractivity contribution in [3.63, 3.8) is 0 Å². The van der Waals surface area contributed by atoms with Crippen LogP contribution in [0, 0.1) is 0 Å². The average molecular weight is 344 g/mol. The van der Waals surface area contributed by atoms with Crippen LogP contribution in [0.5, 0.6) is 17.2 Å². The molecule has 0 unspecified atom stereocenters. The van der Waals surface area contributed by atoms with Crippen molar-refractivity contribution in [2.24, 2.45) is 0 Å². The van der Waals surface area contributed by atoms with E-state index in [0.717, 1.165) is 5.75 Å².